The number of hydrogen-bond acceptors (Lipinski definition) is 2. The minimum Gasteiger partial charge on any atom is -0.345 e. The molecule has 1 saturated heterocycles. The summed E-state index contributed by atoms with van der Waals surface area (Å²) in [5.41, 5.74) is 3.78. The number of piperazine rings is 1. The molecule has 2 heterocycles. The maximum absolute atomic E-state index is 13.0. The molecule has 0 spiro atoms. The molecule has 1 aliphatic heterocycles. The van der Waals surface area contributed by atoms with Crippen molar-refractivity contribution < 1.29 is 9.59 Å². The molecular weight excluding hydrogens is 326 g/mol. The molecule has 136 valence electrons. The molecule has 2 amide bonds. The van der Waals surface area contributed by atoms with Gasteiger partial charge in [-0.3, -0.25) is 9.59 Å². The van der Waals surface area contributed by atoms with Gasteiger partial charge < -0.3 is 14.4 Å². The van der Waals surface area contributed by atoms with E-state index in [1.807, 2.05) is 53.1 Å². The lowest BCUT2D eigenvalue weighted by molar-refractivity contribution is 0.0535. The van der Waals surface area contributed by atoms with Gasteiger partial charge in [0.2, 0.25) is 0 Å². The monoisotopic (exact) mass is 351 g/mol. The summed E-state index contributed by atoms with van der Waals surface area (Å²) < 4.78 is 2.31. The first-order chi connectivity index (χ1) is 12.6. The number of aromatic nitrogens is 1. The molecule has 1 aromatic heterocycles. The van der Waals surface area contributed by atoms with Gasteiger partial charge in [0.25, 0.3) is 11.8 Å². The molecule has 0 atom stereocenters. The van der Waals surface area contributed by atoms with Gasteiger partial charge in [-0.2, -0.15) is 0 Å². The summed E-state index contributed by atoms with van der Waals surface area (Å²) in [4.78, 5) is 29.3. The fourth-order valence-electron chi connectivity index (χ4n) is 3.93. The summed E-state index contributed by atoms with van der Waals surface area (Å²) in [6.07, 6.45) is 2.43. The van der Waals surface area contributed by atoms with Crippen molar-refractivity contribution in [2.45, 2.75) is 32.7 Å². The van der Waals surface area contributed by atoms with Crippen LogP contribution in [0, 0.1) is 13.8 Å². The summed E-state index contributed by atoms with van der Waals surface area (Å²) >= 11 is 0. The van der Waals surface area contributed by atoms with E-state index in [0.717, 1.165) is 11.3 Å². The number of benzene rings is 1. The van der Waals surface area contributed by atoms with E-state index in [0.29, 0.717) is 37.8 Å². The SMILES string of the molecule is Cc1cc(C(=O)N2CCN(C(=O)c3ccccc3)CC2)c(C)n1C1CC1. The first-order valence-electron chi connectivity index (χ1n) is 9.38. The Balaban J connectivity index is 1.43. The van der Waals surface area contributed by atoms with Crippen LogP contribution in [0.1, 0.15) is 51.0 Å². The zero-order valence-electron chi connectivity index (χ0n) is 15.4. The van der Waals surface area contributed by atoms with Crippen molar-refractivity contribution in [1.82, 2.24) is 14.4 Å². The molecule has 2 aliphatic rings. The molecule has 0 radical (unpaired) electrons. The van der Waals surface area contributed by atoms with Gasteiger partial charge in [0.05, 0.1) is 5.56 Å². The molecule has 26 heavy (non-hydrogen) atoms. The number of hydrogen-bond donors (Lipinski definition) is 0. The van der Waals surface area contributed by atoms with Crippen LogP contribution in [0.15, 0.2) is 36.4 Å². The Morgan fingerprint density at radius 1 is 0.885 bits per heavy atom. The van der Waals surface area contributed by atoms with E-state index < -0.39 is 0 Å². The molecule has 0 bridgehead atoms. The van der Waals surface area contributed by atoms with E-state index in [9.17, 15) is 9.59 Å². The van der Waals surface area contributed by atoms with Crippen LogP contribution in [0.3, 0.4) is 0 Å². The summed E-state index contributed by atoms with van der Waals surface area (Å²) in [5.74, 6) is 0.140. The minimum atomic E-state index is 0.0459. The average molecular weight is 351 g/mol. The third kappa shape index (κ3) is 3.02. The highest BCUT2D eigenvalue weighted by Crippen LogP contribution is 2.38. The van der Waals surface area contributed by atoms with Crippen LogP contribution in [-0.4, -0.2) is 52.4 Å². The zero-order chi connectivity index (χ0) is 18.3. The third-order valence-corrected chi connectivity index (χ3v) is 5.50. The number of carbonyl (C=O) groups is 2. The lowest BCUT2D eigenvalue weighted by Crippen LogP contribution is -2.50. The number of amides is 2. The van der Waals surface area contributed by atoms with Gasteiger partial charge in [-0.25, -0.2) is 0 Å². The van der Waals surface area contributed by atoms with Crippen LogP contribution >= 0.6 is 0 Å². The molecule has 5 heteroatoms. The molecule has 4 rings (SSSR count). The van der Waals surface area contributed by atoms with Crippen molar-refractivity contribution >= 4 is 11.8 Å². The Kier molecular flexibility index (Phi) is 4.31. The standard InChI is InChI=1S/C21H25N3O2/c1-15-14-19(16(2)24(15)18-8-9-18)21(26)23-12-10-22(11-13-23)20(25)17-6-4-3-5-7-17/h3-7,14,18H,8-13H2,1-2H3. The molecule has 1 aromatic carbocycles. The Morgan fingerprint density at radius 3 is 2.04 bits per heavy atom. The maximum Gasteiger partial charge on any atom is 0.255 e. The predicted molar refractivity (Wildman–Crippen MR) is 100 cm³/mol. The van der Waals surface area contributed by atoms with E-state index in [1.54, 1.807) is 0 Å². The Hall–Kier alpha value is -2.56. The molecule has 1 saturated carbocycles. The van der Waals surface area contributed by atoms with Crippen molar-refractivity contribution in [3.63, 3.8) is 0 Å². The lowest BCUT2D eigenvalue weighted by atomic mass is 10.1. The van der Waals surface area contributed by atoms with Crippen molar-refractivity contribution in [2.75, 3.05) is 26.2 Å². The van der Waals surface area contributed by atoms with Crippen LogP contribution in [-0.2, 0) is 0 Å². The third-order valence-electron chi connectivity index (χ3n) is 5.50. The average Bonchev–Trinajstić information content (AvgIpc) is 3.46. The number of rotatable bonds is 3. The van der Waals surface area contributed by atoms with Crippen molar-refractivity contribution in [1.29, 1.82) is 0 Å². The zero-order valence-corrected chi connectivity index (χ0v) is 15.4. The number of carbonyl (C=O) groups excluding carboxylic acids is 2. The summed E-state index contributed by atoms with van der Waals surface area (Å²) in [7, 11) is 0. The molecular formula is C21H25N3O2. The van der Waals surface area contributed by atoms with Gasteiger partial charge in [-0.05, 0) is 44.9 Å². The number of nitrogens with zero attached hydrogens (tertiary/aromatic N) is 3. The quantitative estimate of drug-likeness (QED) is 0.853. The highest BCUT2D eigenvalue weighted by atomic mass is 16.2. The van der Waals surface area contributed by atoms with Crippen LogP contribution in [0.2, 0.25) is 0 Å². The highest BCUT2D eigenvalue weighted by Gasteiger charge is 2.31. The summed E-state index contributed by atoms with van der Waals surface area (Å²) in [6, 6.07) is 11.9. The van der Waals surface area contributed by atoms with Crippen molar-refractivity contribution in [2.24, 2.45) is 0 Å². The largest absolute Gasteiger partial charge is 0.345 e. The second-order valence-corrected chi connectivity index (χ2v) is 7.34. The van der Waals surface area contributed by atoms with Gasteiger partial charge >= 0.3 is 0 Å². The molecule has 0 N–H and O–H groups in total. The van der Waals surface area contributed by atoms with Crippen LogP contribution in [0.5, 0.6) is 0 Å². The Morgan fingerprint density at radius 2 is 1.46 bits per heavy atom. The highest BCUT2D eigenvalue weighted by molar-refractivity contribution is 5.97. The predicted octanol–water partition coefficient (Wildman–Crippen LogP) is 3.04. The maximum atomic E-state index is 13.0. The van der Waals surface area contributed by atoms with Crippen LogP contribution in [0.25, 0.3) is 0 Å². The van der Waals surface area contributed by atoms with Crippen LogP contribution < -0.4 is 0 Å². The summed E-state index contributed by atoms with van der Waals surface area (Å²) in [6.45, 7) is 6.48. The first-order valence-corrected chi connectivity index (χ1v) is 9.38. The van der Waals surface area contributed by atoms with Gasteiger partial charge in [-0.15, -0.1) is 0 Å². The van der Waals surface area contributed by atoms with Gasteiger partial charge in [0.1, 0.15) is 0 Å². The molecule has 0 unspecified atom stereocenters. The minimum absolute atomic E-state index is 0.0459. The summed E-state index contributed by atoms with van der Waals surface area (Å²) in [5, 5.41) is 0. The van der Waals surface area contributed by atoms with E-state index in [-0.39, 0.29) is 11.8 Å². The van der Waals surface area contributed by atoms with E-state index in [1.165, 1.54) is 18.5 Å². The second-order valence-electron chi connectivity index (χ2n) is 7.34. The topological polar surface area (TPSA) is 45.6 Å². The molecule has 2 aromatic rings. The van der Waals surface area contributed by atoms with E-state index in [4.69, 9.17) is 0 Å². The normalized spacial score (nSPS) is 17.5. The van der Waals surface area contributed by atoms with Gasteiger partial charge in [0.15, 0.2) is 0 Å². The van der Waals surface area contributed by atoms with Crippen molar-refractivity contribution in [3.8, 4) is 0 Å². The van der Waals surface area contributed by atoms with Crippen molar-refractivity contribution in [3.05, 3.63) is 58.9 Å². The number of aryl methyl sites for hydroxylation is 1. The fraction of sp³-hybridized carbons (Fsp3) is 0.429. The smallest absolute Gasteiger partial charge is 0.255 e. The van der Waals surface area contributed by atoms with E-state index >= 15 is 0 Å². The van der Waals surface area contributed by atoms with Crippen LogP contribution in [0.4, 0.5) is 0 Å². The molecule has 5 nitrogen and oxygen atoms in total. The van der Waals surface area contributed by atoms with E-state index in [2.05, 4.69) is 11.5 Å². The fourth-order valence-corrected chi connectivity index (χ4v) is 3.93. The Bertz CT molecular complexity index is 828. The molecule has 1 aliphatic carbocycles. The second kappa shape index (κ2) is 6.63. The van der Waals surface area contributed by atoms with Gasteiger partial charge in [0, 0.05) is 49.2 Å². The lowest BCUT2D eigenvalue weighted by Gasteiger charge is -2.34. The van der Waals surface area contributed by atoms with Gasteiger partial charge in [-0.1, -0.05) is 18.2 Å². The Labute approximate surface area is 154 Å². The molecule has 2 fully saturated rings. The first kappa shape index (κ1) is 16.9.